The SMILES string of the molecule is CC(CCC(=O)O)CNC(=O)NCCCCN(C)C. The summed E-state index contributed by atoms with van der Waals surface area (Å²) in [5.74, 6) is -0.618. The minimum atomic E-state index is -0.794. The molecule has 0 aliphatic rings. The zero-order valence-electron chi connectivity index (χ0n) is 12.2. The molecule has 2 amide bonds. The van der Waals surface area contributed by atoms with Crippen LogP contribution in [0.1, 0.15) is 32.6 Å². The van der Waals surface area contributed by atoms with Crippen molar-refractivity contribution in [2.24, 2.45) is 5.92 Å². The first-order chi connectivity index (χ1) is 8.91. The van der Waals surface area contributed by atoms with Gasteiger partial charge in [0.2, 0.25) is 0 Å². The van der Waals surface area contributed by atoms with Crippen molar-refractivity contribution >= 4 is 12.0 Å². The molecule has 6 heteroatoms. The molecule has 1 unspecified atom stereocenters. The molecule has 0 aliphatic heterocycles. The third kappa shape index (κ3) is 12.9. The second kappa shape index (κ2) is 10.6. The average molecular weight is 273 g/mol. The highest BCUT2D eigenvalue weighted by Crippen LogP contribution is 2.03. The number of aliphatic carboxylic acids is 1. The molecule has 3 N–H and O–H groups in total. The molecule has 0 saturated heterocycles. The predicted octanol–water partition coefficient (Wildman–Crippen LogP) is 1.13. The maximum atomic E-state index is 11.4. The highest BCUT2D eigenvalue weighted by atomic mass is 16.4. The van der Waals surface area contributed by atoms with Crippen LogP contribution in [0.15, 0.2) is 0 Å². The number of unbranched alkanes of at least 4 members (excludes halogenated alkanes) is 1. The number of hydrogen-bond acceptors (Lipinski definition) is 3. The summed E-state index contributed by atoms with van der Waals surface area (Å²) in [5, 5.41) is 14.1. The standard InChI is InChI=1S/C13H27N3O3/c1-11(6-7-12(17)18)10-15-13(19)14-8-4-5-9-16(2)3/h11H,4-10H2,1-3H3,(H,17,18)(H2,14,15,19). The molecule has 1 atom stereocenters. The van der Waals surface area contributed by atoms with E-state index in [4.69, 9.17) is 5.11 Å². The Balaban J connectivity index is 3.45. The second-order valence-corrected chi connectivity index (χ2v) is 5.18. The van der Waals surface area contributed by atoms with Gasteiger partial charge in [-0.1, -0.05) is 6.92 Å². The Labute approximate surface area is 115 Å². The largest absolute Gasteiger partial charge is 0.481 e. The first-order valence-electron chi connectivity index (χ1n) is 6.80. The minimum Gasteiger partial charge on any atom is -0.481 e. The number of hydrogen-bond donors (Lipinski definition) is 3. The summed E-state index contributed by atoms with van der Waals surface area (Å²) in [4.78, 5) is 23.9. The molecular formula is C13H27N3O3. The summed E-state index contributed by atoms with van der Waals surface area (Å²) in [5.41, 5.74) is 0. The fraction of sp³-hybridized carbons (Fsp3) is 0.846. The number of carbonyl (C=O) groups is 2. The van der Waals surface area contributed by atoms with E-state index in [0.717, 1.165) is 19.4 Å². The molecule has 0 aromatic carbocycles. The van der Waals surface area contributed by atoms with Crippen molar-refractivity contribution in [2.75, 3.05) is 33.7 Å². The lowest BCUT2D eigenvalue weighted by molar-refractivity contribution is -0.137. The maximum absolute atomic E-state index is 11.4. The Kier molecular flexibility index (Phi) is 9.88. The predicted molar refractivity (Wildman–Crippen MR) is 75.2 cm³/mol. The van der Waals surface area contributed by atoms with Crippen molar-refractivity contribution in [2.45, 2.75) is 32.6 Å². The van der Waals surface area contributed by atoms with Gasteiger partial charge in [0.15, 0.2) is 0 Å². The van der Waals surface area contributed by atoms with Crippen molar-refractivity contribution in [1.29, 1.82) is 0 Å². The van der Waals surface area contributed by atoms with Gasteiger partial charge in [0.1, 0.15) is 0 Å². The number of carbonyl (C=O) groups excluding carboxylic acids is 1. The van der Waals surface area contributed by atoms with Gasteiger partial charge in [-0.15, -0.1) is 0 Å². The first kappa shape index (κ1) is 17.7. The summed E-state index contributed by atoms with van der Waals surface area (Å²) < 4.78 is 0. The third-order valence-electron chi connectivity index (χ3n) is 2.78. The second-order valence-electron chi connectivity index (χ2n) is 5.18. The topological polar surface area (TPSA) is 81.7 Å². The van der Waals surface area contributed by atoms with E-state index < -0.39 is 5.97 Å². The molecule has 19 heavy (non-hydrogen) atoms. The average Bonchev–Trinajstić information content (AvgIpc) is 2.33. The quantitative estimate of drug-likeness (QED) is 0.521. The lowest BCUT2D eigenvalue weighted by Crippen LogP contribution is -2.38. The van der Waals surface area contributed by atoms with Crippen LogP contribution in [0.3, 0.4) is 0 Å². The van der Waals surface area contributed by atoms with E-state index in [2.05, 4.69) is 15.5 Å². The van der Waals surface area contributed by atoms with Crippen LogP contribution in [0.4, 0.5) is 4.79 Å². The van der Waals surface area contributed by atoms with Crippen LogP contribution in [-0.2, 0) is 4.79 Å². The fourth-order valence-corrected chi connectivity index (χ4v) is 1.56. The molecule has 0 heterocycles. The number of carboxylic acid groups (broad SMARTS) is 1. The van der Waals surface area contributed by atoms with Gasteiger partial charge in [0, 0.05) is 19.5 Å². The van der Waals surface area contributed by atoms with Gasteiger partial charge >= 0.3 is 12.0 Å². The Morgan fingerprint density at radius 2 is 1.89 bits per heavy atom. The van der Waals surface area contributed by atoms with E-state index in [1.807, 2.05) is 21.0 Å². The van der Waals surface area contributed by atoms with Gasteiger partial charge in [0.05, 0.1) is 0 Å². The molecule has 0 bridgehead atoms. The van der Waals surface area contributed by atoms with E-state index in [1.165, 1.54) is 0 Å². The molecule has 0 aromatic heterocycles. The molecule has 6 nitrogen and oxygen atoms in total. The third-order valence-corrected chi connectivity index (χ3v) is 2.78. The van der Waals surface area contributed by atoms with E-state index in [0.29, 0.717) is 19.5 Å². The first-order valence-corrected chi connectivity index (χ1v) is 6.80. The number of amides is 2. The molecule has 112 valence electrons. The summed E-state index contributed by atoms with van der Waals surface area (Å²) in [7, 11) is 4.05. The Morgan fingerprint density at radius 1 is 1.21 bits per heavy atom. The minimum absolute atomic E-state index is 0.148. The summed E-state index contributed by atoms with van der Waals surface area (Å²) in [6, 6.07) is -0.174. The van der Waals surface area contributed by atoms with E-state index in [1.54, 1.807) is 0 Å². The van der Waals surface area contributed by atoms with Crippen LogP contribution in [0.2, 0.25) is 0 Å². The van der Waals surface area contributed by atoms with Crippen molar-refractivity contribution in [3.8, 4) is 0 Å². The number of carboxylic acids is 1. The van der Waals surface area contributed by atoms with Gasteiger partial charge in [-0.2, -0.15) is 0 Å². The molecular weight excluding hydrogens is 246 g/mol. The molecule has 0 aliphatic carbocycles. The van der Waals surface area contributed by atoms with Gasteiger partial charge in [0.25, 0.3) is 0 Å². The molecule has 0 radical (unpaired) electrons. The van der Waals surface area contributed by atoms with Crippen LogP contribution in [0, 0.1) is 5.92 Å². The molecule has 0 rings (SSSR count). The lowest BCUT2D eigenvalue weighted by Gasteiger charge is -2.13. The van der Waals surface area contributed by atoms with E-state index >= 15 is 0 Å². The van der Waals surface area contributed by atoms with Crippen molar-refractivity contribution in [3.05, 3.63) is 0 Å². The number of nitrogens with zero attached hydrogens (tertiary/aromatic N) is 1. The highest BCUT2D eigenvalue weighted by molar-refractivity contribution is 5.73. The van der Waals surface area contributed by atoms with Crippen LogP contribution in [0.5, 0.6) is 0 Å². The smallest absolute Gasteiger partial charge is 0.314 e. The van der Waals surface area contributed by atoms with E-state index in [-0.39, 0.29) is 18.4 Å². The van der Waals surface area contributed by atoms with Crippen LogP contribution >= 0.6 is 0 Å². The molecule has 0 aromatic rings. The lowest BCUT2D eigenvalue weighted by atomic mass is 10.1. The normalized spacial score (nSPS) is 12.2. The zero-order valence-corrected chi connectivity index (χ0v) is 12.2. The number of rotatable bonds is 10. The Morgan fingerprint density at radius 3 is 2.47 bits per heavy atom. The van der Waals surface area contributed by atoms with Crippen LogP contribution in [0.25, 0.3) is 0 Å². The van der Waals surface area contributed by atoms with Crippen molar-refractivity contribution in [3.63, 3.8) is 0 Å². The van der Waals surface area contributed by atoms with Crippen LogP contribution < -0.4 is 10.6 Å². The Bertz CT molecular complexity index is 270. The summed E-state index contributed by atoms with van der Waals surface area (Å²) >= 11 is 0. The van der Waals surface area contributed by atoms with Gasteiger partial charge in [-0.05, 0) is 45.8 Å². The van der Waals surface area contributed by atoms with Crippen molar-refractivity contribution < 1.29 is 14.7 Å². The number of nitrogens with one attached hydrogen (secondary N) is 2. The van der Waals surface area contributed by atoms with Gasteiger partial charge in [-0.3, -0.25) is 4.79 Å². The molecule has 0 fully saturated rings. The maximum Gasteiger partial charge on any atom is 0.314 e. The van der Waals surface area contributed by atoms with Crippen LogP contribution in [-0.4, -0.2) is 55.7 Å². The van der Waals surface area contributed by atoms with Crippen molar-refractivity contribution in [1.82, 2.24) is 15.5 Å². The highest BCUT2D eigenvalue weighted by Gasteiger charge is 2.07. The monoisotopic (exact) mass is 273 g/mol. The summed E-state index contributed by atoms with van der Waals surface area (Å²) in [6.45, 7) is 4.13. The number of urea groups is 1. The molecule has 0 spiro atoms. The van der Waals surface area contributed by atoms with Gasteiger partial charge in [-0.25, -0.2) is 4.79 Å². The molecule has 0 saturated carbocycles. The fourth-order valence-electron chi connectivity index (χ4n) is 1.56. The van der Waals surface area contributed by atoms with E-state index in [9.17, 15) is 9.59 Å². The zero-order chi connectivity index (χ0) is 14.7. The van der Waals surface area contributed by atoms with Gasteiger partial charge < -0.3 is 20.6 Å². The Hall–Kier alpha value is -1.30. The summed E-state index contributed by atoms with van der Waals surface area (Å²) in [6.07, 6.45) is 2.75.